The third-order valence-electron chi connectivity index (χ3n) is 5.59. The van der Waals surface area contributed by atoms with Crippen LogP contribution >= 0.6 is 0 Å². The lowest BCUT2D eigenvalue weighted by Gasteiger charge is -2.28. The fraction of sp³-hybridized carbons (Fsp3) is 0.400. The monoisotopic (exact) mass is 483 g/mol. The van der Waals surface area contributed by atoms with Crippen LogP contribution in [-0.4, -0.2) is 55.5 Å². The summed E-state index contributed by atoms with van der Waals surface area (Å²) in [6, 6.07) is 10.4. The maximum absolute atomic E-state index is 12.4. The maximum Gasteiger partial charge on any atom is 0.338 e. The lowest BCUT2D eigenvalue weighted by atomic mass is 10.1. The van der Waals surface area contributed by atoms with Gasteiger partial charge in [-0.1, -0.05) is 19.8 Å². The number of carbonyl (C=O) groups excluding carboxylic acids is 3. The Hall–Kier alpha value is -3.79. The zero-order valence-corrected chi connectivity index (χ0v) is 19.7. The third-order valence-corrected chi connectivity index (χ3v) is 5.59. The molecule has 0 atom stereocenters. The molecule has 0 aliphatic carbocycles. The first-order valence-electron chi connectivity index (χ1n) is 11.6. The average Bonchev–Trinajstić information content (AvgIpc) is 2.87. The van der Waals surface area contributed by atoms with Crippen molar-refractivity contribution in [3.8, 4) is 0 Å². The van der Waals surface area contributed by atoms with E-state index in [1.54, 1.807) is 24.3 Å². The molecule has 2 aromatic carbocycles. The molecule has 0 unspecified atom stereocenters. The van der Waals surface area contributed by atoms with Gasteiger partial charge in [0.2, 0.25) is 5.91 Å². The minimum absolute atomic E-state index is 0.0114. The van der Waals surface area contributed by atoms with Gasteiger partial charge in [-0.15, -0.1) is 0 Å². The summed E-state index contributed by atoms with van der Waals surface area (Å²) in [5, 5.41) is 14.3. The summed E-state index contributed by atoms with van der Waals surface area (Å²) in [6.45, 7) is 3.52. The van der Waals surface area contributed by atoms with Crippen LogP contribution in [0.2, 0.25) is 0 Å². The molecule has 3 rings (SSSR count). The lowest BCUT2D eigenvalue weighted by molar-refractivity contribution is -0.384. The molecule has 186 valence electrons. The zero-order chi connectivity index (χ0) is 25.2. The number of nitrogens with zero attached hydrogens (tertiary/aromatic N) is 2. The van der Waals surface area contributed by atoms with Gasteiger partial charge >= 0.3 is 5.97 Å². The van der Waals surface area contributed by atoms with Crippen LogP contribution in [0.15, 0.2) is 42.5 Å². The van der Waals surface area contributed by atoms with Gasteiger partial charge < -0.3 is 19.7 Å². The Labute approximate surface area is 203 Å². The summed E-state index contributed by atoms with van der Waals surface area (Å²) in [5.74, 6) is -1.34. The minimum Gasteiger partial charge on any atom is -0.454 e. The van der Waals surface area contributed by atoms with E-state index in [1.807, 2.05) is 4.90 Å². The van der Waals surface area contributed by atoms with Crippen LogP contribution in [0.5, 0.6) is 0 Å². The van der Waals surface area contributed by atoms with Crippen LogP contribution < -0.4 is 10.2 Å². The number of nitro benzene ring substituents is 1. The molecule has 35 heavy (non-hydrogen) atoms. The second-order valence-corrected chi connectivity index (χ2v) is 8.14. The van der Waals surface area contributed by atoms with Crippen LogP contribution in [0.4, 0.5) is 17.1 Å². The highest BCUT2D eigenvalue weighted by Gasteiger charge is 2.24. The number of nitrogens with one attached hydrogen (secondary N) is 1. The Morgan fingerprint density at radius 2 is 1.74 bits per heavy atom. The number of esters is 1. The standard InChI is InChI=1S/C25H29N3O7/c1-2-3-4-5-24(30)26-20-9-6-18(7-10-20)23(29)17-35-25(31)19-8-11-21(22(16-19)28(32)33)27-12-14-34-15-13-27/h6-11,16H,2-5,12-15,17H2,1H3,(H,26,30). The SMILES string of the molecule is CCCCCC(=O)Nc1ccc(C(=O)COC(=O)c2ccc(N3CCOCC3)c([N+](=O)[O-])c2)cc1. The van der Waals surface area contributed by atoms with E-state index in [4.69, 9.17) is 9.47 Å². The van der Waals surface area contributed by atoms with Crippen molar-refractivity contribution in [3.05, 3.63) is 63.7 Å². The largest absolute Gasteiger partial charge is 0.454 e. The van der Waals surface area contributed by atoms with Crippen LogP contribution in [0, 0.1) is 10.1 Å². The number of amides is 1. The van der Waals surface area contributed by atoms with Crippen molar-refractivity contribution in [3.63, 3.8) is 0 Å². The number of hydrogen-bond acceptors (Lipinski definition) is 8. The topological polar surface area (TPSA) is 128 Å². The number of rotatable bonds is 11. The number of morpholine rings is 1. The van der Waals surface area contributed by atoms with Crippen LogP contribution in [0.25, 0.3) is 0 Å². The van der Waals surface area contributed by atoms with E-state index in [2.05, 4.69) is 12.2 Å². The summed E-state index contributed by atoms with van der Waals surface area (Å²) in [7, 11) is 0. The van der Waals surface area contributed by atoms with E-state index in [9.17, 15) is 24.5 Å². The molecular formula is C25H29N3O7. The summed E-state index contributed by atoms with van der Waals surface area (Å²) in [6.07, 6.45) is 3.29. The molecule has 0 radical (unpaired) electrons. The van der Waals surface area contributed by atoms with E-state index >= 15 is 0 Å². The van der Waals surface area contributed by atoms with Gasteiger partial charge in [-0.3, -0.25) is 19.7 Å². The van der Waals surface area contributed by atoms with Gasteiger partial charge in [0.1, 0.15) is 5.69 Å². The van der Waals surface area contributed by atoms with E-state index in [1.165, 1.54) is 12.1 Å². The number of carbonyl (C=O) groups is 3. The van der Waals surface area contributed by atoms with Crippen LogP contribution in [0.1, 0.15) is 53.3 Å². The highest BCUT2D eigenvalue weighted by Crippen LogP contribution is 2.30. The van der Waals surface area contributed by atoms with Crippen molar-refractivity contribution in [2.24, 2.45) is 0 Å². The minimum atomic E-state index is -0.828. The van der Waals surface area contributed by atoms with Gasteiger partial charge in [-0.25, -0.2) is 4.79 Å². The Morgan fingerprint density at radius 3 is 2.40 bits per heavy atom. The number of Topliss-reactive ketones (excluding diaryl/α,β-unsaturated/α-hetero) is 1. The zero-order valence-electron chi connectivity index (χ0n) is 19.7. The Bertz CT molecular complexity index is 1060. The molecule has 1 fully saturated rings. The normalized spacial score (nSPS) is 13.2. The first kappa shape index (κ1) is 25.8. The van der Waals surface area contributed by atoms with Gasteiger partial charge in [0.15, 0.2) is 12.4 Å². The van der Waals surface area contributed by atoms with E-state index in [0.29, 0.717) is 49.7 Å². The first-order valence-corrected chi connectivity index (χ1v) is 11.6. The molecule has 1 amide bonds. The highest BCUT2D eigenvalue weighted by atomic mass is 16.6. The number of hydrogen-bond donors (Lipinski definition) is 1. The smallest absolute Gasteiger partial charge is 0.338 e. The van der Waals surface area contributed by atoms with Gasteiger partial charge in [0, 0.05) is 36.8 Å². The summed E-state index contributed by atoms with van der Waals surface area (Å²) in [5.41, 5.74) is 1.08. The average molecular weight is 484 g/mol. The van der Waals surface area contributed by atoms with Crippen molar-refractivity contribution >= 4 is 34.7 Å². The van der Waals surface area contributed by atoms with Crippen molar-refractivity contribution in [1.29, 1.82) is 0 Å². The van der Waals surface area contributed by atoms with Crippen LogP contribution in [-0.2, 0) is 14.3 Å². The molecule has 10 nitrogen and oxygen atoms in total. The molecule has 1 N–H and O–H groups in total. The second-order valence-electron chi connectivity index (χ2n) is 8.14. The van der Waals surface area contributed by atoms with Gasteiger partial charge in [0.05, 0.1) is 23.7 Å². The molecule has 1 aliphatic heterocycles. The fourth-order valence-electron chi connectivity index (χ4n) is 3.66. The molecule has 0 spiro atoms. The number of benzene rings is 2. The number of anilines is 2. The second kappa shape index (κ2) is 12.6. The Morgan fingerprint density at radius 1 is 1.06 bits per heavy atom. The molecule has 10 heteroatoms. The van der Waals surface area contributed by atoms with Gasteiger partial charge in [0.25, 0.3) is 5.69 Å². The van der Waals surface area contributed by atoms with Crippen molar-refractivity contribution in [2.45, 2.75) is 32.6 Å². The van der Waals surface area contributed by atoms with Crippen LogP contribution in [0.3, 0.4) is 0 Å². The first-order chi connectivity index (χ1) is 16.9. The molecule has 0 aromatic heterocycles. The predicted octanol–water partition coefficient (Wildman–Crippen LogP) is 3.99. The molecule has 1 heterocycles. The number of unbranched alkanes of at least 4 members (excludes halogenated alkanes) is 2. The van der Waals surface area contributed by atoms with Gasteiger partial charge in [-0.05, 0) is 42.8 Å². The highest BCUT2D eigenvalue weighted by molar-refractivity contribution is 6.00. The van der Waals surface area contributed by atoms with Gasteiger partial charge in [-0.2, -0.15) is 0 Å². The summed E-state index contributed by atoms with van der Waals surface area (Å²) >= 11 is 0. The summed E-state index contributed by atoms with van der Waals surface area (Å²) in [4.78, 5) is 49.6. The molecular weight excluding hydrogens is 454 g/mol. The number of ketones is 1. The molecule has 0 bridgehead atoms. The number of ether oxygens (including phenoxy) is 2. The predicted molar refractivity (Wildman–Crippen MR) is 130 cm³/mol. The van der Waals surface area contributed by atoms with E-state index in [-0.39, 0.29) is 17.2 Å². The third kappa shape index (κ3) is 7.35. The summed E-state index contributed by atoms with van der Waals surface area (Å²) < 4.78 is 10.4. The van der Waals surface area contributed by atoms with Crippen molar-refractivity contribution in [1.82, 2.24) is 0 Å². The molecule has 2 aromatic rings. The molecule has 1 saturated heterocycles. The quantitative estimate of drug-likeness (QED) is 0.167. The molecule has 0 saturated carbocycles. The van der Waals surface area contributed by atoms with E-state index in [0.717, 1.165) is 25.3 Å². The van der Waals surface area contributed by atoms with Crippen molar-refractivity contribution < 1.29 is 28.8 Å². The molecule has 1 aliphatic rings. The lowest BCUT2D eigenvalue weighted by Crippen LogP contribution is -2.36. The maximum atomic E-state index is 12.4. The number of nitro groups is 1. The van der Waals surface area contributed by atoms with E-state index < -0.39 is 23.3 Å². The fourth-order valence-corrected chi connectivity index (χ4v) is 3.66. The Kier molecular flexibility index (Phi) is 9.31. The van der Waals surface area contributed by atoms with Crippen molar-refractivity contribution in [2.75, 3.05) is 43.1 Å². The Balaban J connectivity index is 1.56.